The van der Waals surface area contributed by atoms with E-state index in [1.165, 1.54) is 55.5 Å². The number of carbonyl (C=O) groups excluding carboxylic acids is 2. The maximum atomic E-state index is 13.5. The second kappa shape index (κ2) is 10.0. The van der Waals surface area contributed by atoms with Crippen molar-refractivity contribution in [1.29, 1.82) is 0 Å². The molecule has 28 heavy (non-hydrogen) atoms. The van der Waals surface area contributed by atoms with E-state index in [1.807, 2.05) is 0 Å². The van der Waals surface area contributed by atoms with Crippen molar-refractivity contribution in [2.75, 3.05) is 0 Å². The number of rotatable bonds is 7. The van der Waals surface area contributed by atoms with Crippen molar-refractivity contribution < 1.29 is 32.2 Å². The third-order valence-corrected chi connectivity index (χ3v) is 3.35. The number of hydrogen-bond acceptors (Lipinski definition) is 4. The summed E-state index contributed by atoms with van der Waals surface area (Å²) in [7, 11) is 0. The van der Waals surface area contributed by atoms with Gasteiger partial charge in [0.25, 0.3) is 11.8 Å². The van der Waals surface area contributed by atoms with Gasteiger partial charge >= 0.3 is 6.61 Å². The zero-order chi connectivity index (χ0) is 20.5. The number of halogens is 3. The molecule has 2 N–H and O–H groups in total. The van der Waals surface area contributed by atoms with Crippen LogP contribution in [-0.4, -0.2) is 24.5 Å². The van der Waals surface area contributed by atoms with Crippen molar-refractivity contribution in [3.05, 3.63) is 66.0 Å². The summed E-state index contributed by atoms with van der Waals surface area (Å²) in [6, 6.07) is 11.2. The molecule has 2 aromatic rings. The van der Waals surface area contributed by atoms with Gasteiger partial charge in [0.2, 0.25) is 0 Å². The van der Waals surface area contributed by atoms with Crippen molar-refractivity contribution in [3.8, 4) is 11.5 Å². The lowest BCUT2D eigenvalue weighted by atomic mass is 10.2. The largest absolute Gasteiger partial charge is 0.478 e. The Morgan fingerprint density at radius 1 is 1.00 bits per heavy atom. The molecule has 9 heteroatoms. The summed E-state index contributed by atoms with van der Waals surface area (Å²) in [5.74, 6) is -2.03. The van der Waals surface area contributed by atoms with Gasteiger partial charge < -0.3 is 9.47 Å². The molecule has 1 atom stereocenters. The fourth-order valence-electron chi connectivity index (χ4n) is 1.98. The third kappa shape index (κ3) is 6.67. The van der Waals surface area contributed by atoms with Gasteiger partial charge in [-0.05, 0) is 42.8 Å². The fraction of sp³-hybridized carbons (Fsp3) is 0.158. The van der Waals surface area contributed by atoms with Gasteiger partial charge in [0.1, 0.15) is 5.75 Å². The smallest absolute Gasteiger partial charge is 0.387 e. The predicted molar refractivity (Wildman–Crippen MR) is 94.9 cm³/mol. The average Bonchev–Trinajstić information content (AvgIpc) is 2.66. The lowest BCUT2D eigenvalue weighted by Crippen LogP contribution is -2.46. The second-order valence-electron chi connectivity index (χ2n) is 5.45. The van der Waals surface area contributed by atoms with Gasteiger partial charge in [0.05, 0.1) is 0 Å². The molecule has 0 radical (unpaired) electrons. The Balaban J connectivity index is 1.80. The third-order valence-electron chi connectivity index (χ3n) is 3.35. The molecular formula is C19H17F3N2O4. The highest BCUT2D eigenvalue weighted by Crippen LogP contribution is 2.17. The second-order valence-corrected chi connectivity index (χ2v) is 5.45. The van der Waals surface area contributed by atoms with Gasteiger partial charge in [-0.1, -0.05) is 24.3 Å². The molecule has 0 aliphatic rings. The molecule has 0 unspecified atom stereocenters. The monoisotopic (exact) mass is 394 g/mol. The molecule has 0 bridgehead atoms. The zero-order valence-electron chi connectivity index (χ0n) is 14.7. The van der Waals surface area contributed by atoms with Gasteiger partial charge in [-0.2, -0.15) is 8.78 Å². The number of para-hydroxylation sites is 1. The van der Waals surface area contributed by atoms with Crippen molar-refractivity contribution in [2.24, 2.45) is 0 Å². The Morgan fingerprint density at radius 3 is 2.32 bits per heavy atom. The van der Waals surface area contributed by atoms with Gasteiger partial charge in [0, 0.05) is 6.08 Å². The number of carbonyl (C=O) groups is 2. The minimum atomic E-state index is -2.92. The Hall–Kier alpha value is -3.49. The Labute approximate surface area is 158 Å². The standard InChI is InChI=1S/C19H17F3N2O4/c1-12(27-16-5-3-2-4-15(16)20)18(26)24-23-17(25)11-8-13-6-9-14(10-7-13)28-19(21)22/h2-12,19H,1H3,(H,23,25)(H,24,26)/b11-8+/t12-/m1/s1. The molecule has 2 rings (SSSR count). The fourth-order valence-corrected chi connectivity index (χ4v) is 1.98. The molecule has 148 valence electrons. The van der Waals surface area contributed by atoms with Crippen LogP contribution in [0.25, 0.3) is 6.08 Å². The Kier molecular flexibility index (Phi) is 7.44. The van der Waals surface area contributed by atoms with Gasteiger partial charge in [-0.25, -0.2) is 4.39 Å². The number of ether oxygens (including phenoxy) is 2. The first-order valence-corrected chi connectivity index (χ1v) is 8.09. The van der Waals surface area contributed by atoms with E-state index in [1.54, 1.807) is 6.07 Å². The Bertz CT molecular complexity index is 841. The summed E-state index contributed by atoms with van der Waals surface area (Å²) in [5, 5.41) is 0. The topological polar surface area (TPSA) is 76.7 Å². The summed E-state index contributed by atoms with van der Waals surface area (Å²) < 4.78 is 47.0. The highest BCUT2D eigenvalue weighted by atomic mass is 19.3. The summed E-state index contributed by atoms with van der Waals surface area (Å²) in [4.78, 5) is 23.6. The minimum absolute atomic E-state index is 0.00675. The maximum absolute atomic E-state index is 13.5. The number of hydrogen-bond donors (Lipinski definition) is 2. The van der Waals surface area contributed by atoms with E-state index in [-0.39, 0.29) is 11.5 Å². The van der Waals surface area contributed by atoms with E-state index < -0.39 is 30.3 Å². The molecule has 0 heterocycles. The van der Waals surface area contributed by atoms with E-state index in [9.17, 15) is 22.8 Å². The van der Waals surface area contributed by atoms with E-state index in [0.29, 0.717) is 5.56 Å². The molecule has 0 aliphatic heterocycles. The summed E-state index contributed by atoms with van der Waals surface area (Å²) in [6.07, 6.45) is 1.49. The average molecular weight is 394 g/mol. The first-order valence-electron chi connectivity index (χ1n) is 8.09. The zero-order valence-corrected chi connectivity index (χ0v) is 14.7. The number of alkyl halides is 2. The predicted octanol–water partition coefficient (Wildman–Crippen LogP) is 3.06. The van der Waals surface area contributed by atoms with E-state index in [0.717, 1.165) is 6.08 Å². The normalized spacial score (nSPS) is 11.9. The number of amides is 2. The van der Waals surface area contributed by atoms with Crippen molar-refractivity contribution in [2.45, 2.75) is 19.6 Å². The maximum Gasteiger partial charge on any atom is 0.387 e. The molecule has 0 aliphatic carbocycles. The first kappa shape index (κ1) is 20.8. The lowest BCUT2D eigenvalue weighted by molar-refractivity contribution is -0.131. The molecule has 2 aromatic carbocycles. The van der Waals surface area contributed by atoms with Crippen LogP contribution in [0, 0.1) is 5.82 Å². The van der Waals surface area contributed by atoms with Crippen LogP contribution in [-0.2, 0) is 9.59 Å². The van der Waals surface area contributed by atoms with Gasteiger partial charge in [0.15, 0.2) is 17.7 Å². The first-order chi connectivity index (χ1) is 13.3. The van der Waals surface area contributed by atoms with Crippen LogP contribution in [0.3, 0.4) is 0 Å². The quantitative estimate of drug-likeness (QED) is 0.559. The molecule has 0 saturated heterocycles. The van der Waals surface area contributed by atoms with Crippen LogP contribution in [0.15, 0.2) is 54.6 Å². The highest BCUT2D eigenvalue weighted by Gasteiger charge is 2.16. The van der Waals surface area contributed by atoms with Crippen LogP contribution < -0.4 is 20.3 Å². The van der Waals surface area contributed by atoms with Gasteiger partial charge in [-0.3, -0.25) is 20.4 Å². The van der Waals surface area contributed by atoms with E-state index >= 15 is 0 Å². The summed E-state index contributed by atoms with van der Waals surface area (Å²) in [6.45, 7) is -1.52. The highest BCUT2D eigenvalue weighted by molar-refractivity contribution is 5.93. The lowest BCUT2D eigenvalue weighted by Gasteiger charge is -2.15. The molecule has 0 fully saturated rings. The van der Waals surface area contributed by atoms with E-state index in [2.05, 4.69) is 15.6 Å². The van der Waals surface area contributed by atoms with Crippen molar-refractivity contribution >= 4 is 17.9 Å². The number of hydrazine groups is 1. The van der Waals surface area contributed by atoms with Crippen LogP contribution in [0.5, 0.6) is 11.5 Å². The molecule has 0 saturated carbocycles. The Morgan fingerprint density at radius 2 is 1.68 bits per heavy atom. The SMILES string of the molecule is C[C@@H](Oc1ccccc1F)C(=O)NNC(=O)/C=C/c1ccc(OC(F)F)cc1. The van der Waals surface area contributed by atoms with Crippen molar-refractivity contribution in [3.63, 3.8) is 0 Å². The molecule has 2 amide bonds. The van der Waals surface area contributed by atoms with Crippen molar-refractivity contribution in [1.82, 2.24) is 10.9 Å². The summed E-state index contributed by atoms with van der Waals surface area (Å²) >= 11 is 0. The number of nitrogens with one attached hydrogen (secondary N) is 2. The van der Waals surface area contributed by atoms with Crippen LogP contribution in [0.1, 0.15) is 12.5 Å². The molecule has 0 spiro atoms. The van der Waals surface area contributed by atoms with E-state index in [4.69, 9.17) is 4.74 Å². The van der Waals surface area contributed by atoms with Crippen LogP contribution in [0.2, 0.25) is 0 Å². The molecular weight excluding hydrogens is 377 g/mol. The molecule has 0 aromatic heterocycles. The number of benzene rings is 2. The minimum Gasteiger partial charge on any atom is -0.478 e. The molecule has 6 nitrogen and oxygen atoms in total. The van der Waals surface area contributed by atoms with Crippen LogP contribution >= 0.6 is 0 Å². The summed E-state index contributed by atoms with van der Waals surface area (Å²) in [5.41, 5.74) is 4.85. The van der Waals surface area contributed by atoms with Crippen LogP contribution in [0.4, 0.5) is 13.2 Å². The van der Waals surface area contributed by atoms with Gasteiger partial charge in [-0.15, -0.1) is 0 Å².